The minimum absolute atomic E-state index is 0.336. The van der Waals surface area contributed by atoms with Gasteiger partial charge in [-0.25, -0.2) is 0 Å². The first-order valence-corrected chi connectivity index (χ1v) is 6.37. The molecule has 2 rings (SSSR count). The minimum atomic E-state index is 0.336. The summed E-state index contributed by atoms with van der Waals surface area (Å²) in [4.78, 5) is 0. The predicted molar refractivity (Wildman–Crippen MR) is 72.1 cm³/mol. The molecule has 1 aromatic carbocycles. The summed E-state index contributed by atoms with van der Waals surface area (Å²) in [6, 6.07) is 12.8. The van der Waals surface area contributed by atoms with Crippen molar-refractivity contribution in [1.82, 2.24) is 10.5 Å². The summed E-state index contributed by atoms with van der Waals surface area (Å²) < 4.78 is 5.07. The van der Waals surface area contributed by atoms with Crippen LogP contribution in [0.15, 0.2) is 40.9 Å². The molecule has 0 aliphatic rings. The van der Waals surface area contributed by atoms with Crippen LogP contribution in [0.1, 0.15) is 36.9 Å². The number of rotatable bonds is 5. The minimum Gasteiger partial charge on any atom is -0.361 e. The molecule has 0 fully saturated rings. The van der Waals surface area contributed by atoms with E-state index < -0.39 is 0 Å². The summed E-state index contributed by atoms with van der Waals surface area (Å²) in [6.07, 6.45) is 0. The Kier molecular flexibility index (Phi) is 4.15. The van der Waals surface area contributed by atoms with Crippen LogP contribution < -0.4 is 5.32 Å². The number of hydrogen-bond acceptors (Lipinski definition) is 3. The number of aryl methyl sites for hydroxylation is 1. The SMILES string of the molecule is Cc1cc(CNC(c2ccccc2)C(C)C)no1. The van der Waals surface area contributed by atoms with Crippen LogP contribution in [-0.4, -0.2) is 5.16 Å². The van der Waals surface area contributed by atoms with Gasteiger partial charge in [0, 0.05) is 18.7 Å². The van der Waals surface area contributed by atoms with Gasteiger partial charge in [0.15, 0.2) is 0 Å². The first-order chi connectivity index (χ1) is 8.66. The highest BCUT2D eigenvalue weighted by molar-refractivity contribution is 5.19. The Morgan fingerprint density at radius 2 is 1.94 bits per heavy atom. The van der Waals surface area contributed by atoms with Crippen molar-refractivity contribution in [2.45, 2.75) is 33.4 Å². The molecule has 0 aliphatic carbocycles. The largest absolute Gasteiger partial charge is 0.361 e. The van der Waals surface area contributed by atoms with Gasteiger partial charge >= 0.3 is 0 Å². The van der Waals surface area contributed by atoms with Gasteiger partial charge in [-0.1, -0.05) is 49.3 Å². The third-order valence-electron chi connectivity index (χ3n) is 3.01. The highest BCUT2D eigenvalue weighted by atomic mass is 16.5. The van der Waals surface area contributed by atoms with Crippen molar-refractivity contribution < 1.29 is 4.52 Å². The van der Waals surface area contributed by atoms with Crippen molar-refractivity contribution in [2.75, 3.05) is 0 Å². The Hall–Kier alpha value is -1.61. The fourth-order valence-corrected chi connectivity index (χ4v) is 2.11. The average Bonchev–Trinajstić information content (AvgIpc) is 2.76. The maximum Gasteiger partial charge on any atom is 0.133 e. The molecule has 0 saturated carbocycles. The van der Waals surface area contributed by atoms with Crippen LogP contribution in [0.3, 0.4) is 0 Å². The number of nitrogens with zero attached hydrogens (tertiary/aromatic N) is 1. The lowest BCUT2D eigenvalue weighted by atomic mass is 9.96. The third-order valence-corrected chi connectivity index (χ3v) is 3.01. The quantitative estimate of drug-likeness (QED) is 0.875. The molecule has 1 heterocycles. The zero-order valence-electron chi connectivity index (χ0n) is 11.2. The van der Waals surface area contributed by atoms with E-state index in [2.05, 4.69) is 48.6 Å². The molecule has 1 atom stereocenters. The van der Waals surface area contributed by atoms with Crippen LogP contribution in [0.2, 0.25) is 0 Å². The van der Waals surface area contributed by atoms with E-state index in [1.807, 2.05) is 19.1 Å². The Morgan fingerprint density at radius 1 is 1.22 bits per heavy atom. The number of benzene rings is 1. The number of aromatic nitrogens is 1. The fourth-order valence-electron chi connectivity index (χ4n) is 2.11. The highest BCUT2D eigenvalue weighted by Gasteiger charge is 2.15. The van der Waals surface area contributed by atoms with Crippen molar-refractivity contribution in [3.8, 4) is 0 Å². The zero-order valence-corrected chi connectivity index (χ0v) is 11.2. The van der Waals surface area contributed by atoms with E-state index in [4.69, 9.17) is 4.52 Å². The monoisotopic (exact) mass is 244 g/mol. The lowest BCUT2D eigenvalue weighted by Crippen LogP contribution is -2.25. The molecule has 0 spiro atoms. The summed E-state index contributed by atoms with van der Waals surface area (Å²) in [6.45, 7) is 7.08. The van der Waals surface area contributed by atoms with Crippen molar-refractivity contribution in [3.63, 3.8) is 0 Å². The molecule has 1 unspecified atom stereocenters. The van der Waals surface area contributed by atoms with Gasteiger partial charge in [-0.2, -0.15) is 0 Å². The summed E-state index contributed by atoms with van der Waals surface area (Å²) in [5.74, 6) is 1.38. The zero-order chi connectivity index (χ0) is 13.0. The van der Waals surface area contributed by atoms with Gasteiger partial charge in [0.1, 0.15) is 5.76 Å². The van der Waals surface area contributed by atoms with E-state index in [1.54, 1.807) is 0 Å². The van der Waals surface area contributed by atoms with Gasteiger partial charge in [0.25, 0.3) is 0 Å². The fraction of sp³-hybridized carbons (Fsp3) is 0.400. The molecule has 96 valence electrons. The van der Waals surface area contributed by atoms with Crippen LogP contribution >= 0.6 is 0 Å². The van der Waals surface area contributed by atoms with E-state index in [-0.39, 0.29) is 0 Å². The molecular formula is C15H20N2O. The van der Waals surface area contributed by atoms with E-state index in [0.717, 1.165) is 18.0 Å². The van der Waals surface area contributed by atoms with Gasteiger partial charge in [-0.05, 0) is 18.4 Å². The van der Waals surface area contributed by atoms with Crippen LogP contribution in [0.4, 0.5) is 0 Å². The Morgan fingerprint density at radius 3 is 2.50 bits per heavy atom. The maximum atomic E-state index is 5.07. The molecular weight excluding hydrogens is 224 g/mol. The normalized spacial score (nSPS) is 12.9. The van der Waals surface area contributed by atoms with Crippen LogP contribution in [-0.2, 0) is 6.54 Å². The molecule has 0 amide bonds. The van der Waals surface area contributed by atoms with Crippen molar-refractivity contribution in [3.05, 3.63) is 53.4 Å². The first kappa shape index (κ1) is 12.8. The molecule has 0 bridgehead atoms. The average molecular weight is 244 g/mol. The van der Waals surface area contributed by atoms with Gasteiger partial charge < -0.3 is 9.84 Å². The molecule has 1 aromatic heterocycles. The van der Waals surface area contributed by atoms with Crippen molar-refractivity contribution >= 4 is 0 Å². The molecule has 18 heavy (non-hydrogen) atoms. The summed E-state index contributed by atoms with van der Waals surface area (Å²) in [7, 11) is 0. The van der Waals surface area contributed by atoms with Gasteiger partial charge in [0.2, 0.25) is 0 Å². The lowest BCUT2D eigenvalue weighted by Gasteiger charge is -2.22. The van der Waals surface area contributed by atoms with E-state index >= 15 is 0 Å². The molecule has 0 saturated heterocycles. The van der Waals surface area contributed by atoms with E-state index in [9.17, 15) is 0 Å². The molecule has 3 heteroatoms. The Balaban J connectivity index is 2.03. The second-order valence-electron chi connectivity index (χ2n) is 4.94. The van der Waals surface area contributed by atoms with Gasteiger partial charge in [-0.15, -0.1) is 0 Å². The number of nitrogens with one attached hydrogen (secondary N) is 1. The van der Waals surface area contributed by atoms with E-state index in [0.29, 0.717) is 12.0 Å². The van der Waals surface area contributed by atoms with Gasteiger partial charge in [-0.3, -0.25) is 0 Å². The van der Waals surface area contributed by atoms with Gasteiger partial charge in [0.05, 0.1) is 5.69 Å². The first-order valence-electron chi connectivity index (χ1n) is 6.37. The highest BCUT2D eigenvalue weighted by Crippen LogP contribution is 2.21. The second-order valence-corrected chi connectivity index (χ2v) is 4.94. The summed E-state index contributed by atoms with van der Waals surface area (Å²) in [5.41, 5.74) is 2.27. The molecule has 3 nitrogen and oxygen atoms in total. The Bertz CT molecular complexity index is 476. The van der Waals surface area contributed by atoms with Crippen molar-refractivity contribution in [1.29, 1.82) is 0 Å². The lowest BCUT2D eigenvalue weighted by molar-refractivity contribution is 0.373. The molecule has 0 aliphatic heterocycles. The standard InChI is InChI=1S/C15H20N2O/c1-11(2)15(13-7-5-4-6-8-13)16-10-14-9-12(3)18-17-14/h4-9,11,15-16H,10H2,1-3H3. The Labute approximate surface area is 108 Å². The third kappa shape index (κ3) is 3.20. The smallest absolute Gasteiger partial charge is 0.133 e. The van der Waals surface area contributed by atoms with Crippen LogP contribution in [0.25, 0.3) is 0 Å². The van der Waals surface area contributed by atoms with E-state index in [1.165, 1.54) is 5.56 Å². The maximum absolute atomic E-state index is 5.07. The topological polar surface area (TPSA) is 38.1 Å². The second kappa shape index (κ2) is 5.83. The van der Waals surface area contributed by atoms with Crippen molar-refractivity contribution in [2.24, 2.45) is 5.92 Å². The predicted octanol–water partition coefficient (Wildman–Crippen LogP) is 3.47. The van der Waals surface area contributed by atoms with Crippen LogP contribution in [0, 0.1) is 12.8 Å². The summed E-state index contributed by atoms with van der Waals surface area (Å²) in [5, 5.41) is 7.55. The molecule has 0 radical (unpaired) electrons. The summed E-state index contributed by atoms with van der Waals surface area (Å²) >= 11 is 0. The molecule has 1 N–H and O–H groups in total. The number of hydrogen-bond donors (Lipinski definition) is 1. The van der Waals surface area contributed by atoms with Crippen LogP contribution in [0.5, 0.6) is 0 Å². The molecule has 2 aromatic rings.